The highest BCUT2D eigenvalue weighted by molar-refractivity contribution is 7.89. The lowest BCUT2D eigenvalue weighted by Crippen LogP contribution is -2.34. The molecule has 1 aliphatic carbocycles. The summed E-state index contributed by atoms with van der Waals surface area (Å²) in [6, 6.07) is 11.6. The first-order valence-electron chi connectivity index (χ1n) is 8.02. The minimum Gasteiger partial charge on any atom is -0.261 e. The van der Waals surface area contributed by atoms with Crippen molar-refractivity contribution in [2.75, 3.05) is 12.3 Å². The van der Waals surface area contributed by atoms with Gasteiger partial charge in [0.1, 0.15) is 0 Å². The van der Waals surface area contributed by atoms with Crippen LogP contribution in [0.15, 0.2) is 48.7 Å². The predicted molar refractivity (Wildman–Crippen MR) is 93.7 cm³/mol. The van der Waals surface area contributed by atoms with Gasteiger partial charge in [0.2, 0.25) is 10.0 Å². The minimum atomic E-state index is -3.42. The first-order chi connectivity index (χ1) is 11.9. The van der Waals surface area contributed by atoms with Gasteiger partial charge < -0.3 is 0 Å². The van der Waals surface area contributed by atoms with Crippen molar-refractivity contribution in [1.82, 2.24) is 9.71 Å². The largest absolute Gasteiger partial charge is 0.269 e. The summed E-state index contributed by atoms with van der Waals surface area (Å²) >= 11 is 0. The van der Waals surface area contributed by atoms with Gasteiger partial charge in [-0.15, -0.1) is 0 Å². The van der Waals surface area contributed by atoms with Crippen LogP contribution in [0.2, 0.25) is 0 Å². The molecule has 2 aromatic rings. The Kier molecular flexibility index (Phi) is 4.82. The van der Waals surface area contributed by atoms with Crippen LogP contribution in [0, 0.1) is 10.1 Å². The van der Waals surface area contributed by atoms with Crippen LogP contribution in [0.3, 0.4) is 0 Å². The van der Waals surface area contributed by atoms with E-state index >= 15 is 0 Å². The lowest BCUT2D eigenvalue weighted by molar-refractivity contribution is -0.384. The standard InChI is InChI=1S/C17H19N3O4S/c21-20(22)15-6-4-14(5-7-15)8-12-25(23,24)19-13-17(9-10-17)16-3-1-2-11-18-16/h1-7,11,19H,8-10,12-13H2. The number of nitrogens with one attached hydrogen (secondary N) is 1. The summed E-state index contributed by atoms with van der Waals surface area (Å²) < 4.78 is 27.2. The zero-order valence-corrected chi connectivity index (χ0v) is 14.4. The number of nitrogens with zero attached hydrogens (tertiary/aromatic N) is 2. The Balaban J connectivity index is 1.55. The number of aromatic nitrogens is 1. The molecule has 0 aliphatic heterocycles. The number of pyridine rings is 1. The number of aryl methyl sites for hydroxylation is 1. The molecule has 0 amide bonds. The Hall–Kier alpha value is -2.32. The zero-order chi connectivity index (χ0) is 17.9. The molecule has 1 fully saturated rings. The second kappa shape index (κ2) is 6.89. The van der Waals surface area contributed by atoms with Crippen LogP contribution in [-0.2, 0) is 21.9 Å². The van der Waals surface area contributed by atoms with Crippen molar-refractivity contribution in [3.05, 3.63) is 70.0 Å². The molecule has 0 unspecified atom stereocenters. The van der Waals surface area contributed by atoms with Crippen molar-refractivity contribution in [3.63, 3.8) is 0 Å². The molecule has 1 aromatic heterocycles. The summed E-state index contributed by atoms with van der Waals surface area (Å²) in [6.07, 6.45) is 3.88. The summed E-state index contributed by atoms with van der Waals surface area (Å²) in [4.78, 5) is 14.5. The summed E-state index contributed by atoms with van der Waals surface area (Å²) in [6.45, 7) is 0.354. The van der Waals surface area contributed by atoms with E-state index < -0.39 is 14.9 Å². The molecule has 25 heavy (non-hydrogen) atoms. The minimum absolute atomic E-state index is 0.00392. The van der Waals surface area contributed by atoms with E-state index in [0.717, 1.165) is 24.1 Å². The van der Waals surface area contributed by atoms with E-state index in [1.54, 1.807) is 18.3 Å². The Morgan fingerprint density at radius 2 is 1.88 bits per heavy atom. The van der Waals surface area contributed by atoms with Crippen LogP contribution < -0.4 is 4.72 Å². The van der Waals surface area contributed by atoms with E-state index in [9.17, 15) is 18.5 Å². The van der Waals surface area contributed by atoms with Crippen LogP contribution in [0.4, 0.5) is 5.69 Å². The van der Waals surface area contributed by atoms with Crippen LogP contribution in [-0.4, -0.2) is 30.6 Å². The van der Waals surface area contributed by atoms with E-state index in [-0.39, 0.29) is 16.9 Å². The van der Waals surface area contributed by atoms with E-state index in [1.165, 1.54) is 12.1 Å². The molecule has 0 radical (unpaired) electrons. The number of hydrogen-bond acceptors (Lipinski definition) is 5. The quantitative estimate of drug-likeness (QED) is 0.573. The monoisotopic (exact) mass is 361 g/mol. The van der Waals surface area contributed by atoms with Crippen molar-refractivity contribution >= 4 is 15.7 Å². The van der Waals surface area contributed by atoms with Gasteiger partial charge in [-0.05, 0) is 37.0 Å². The third kappa shape index (κ3) is 4.40. The molecule has 3 rings (SSSR count). The van der Waals surface area contributed by atoms with Crippen molar-refractivity contribution in [2.24, 2.45) is 0 Å². The molecule has 1 aliphatic rings. The molecule has 1 aromatic carbocycles. The lowest BCUT2D eigenvalue weighted by Gasteiger charge is -2.15. The Morgan fingerprint density at radius 3 is 2.44 bits per heavy atom. The maximum absolute atomic E-state index is 12.2. The molecule has 7 nitrogen and oxygen atoms in total. The molecule has 0 bridgehead atoms. The Labute approximate surface area is 146 Å². The first-order valence-corrected chi connectivity index (χ1v) is 9.68. The highest BCUT2D eigenvalue weighted by Gasteiger charge is 2.45. The molecule has 1 heterocycles. The average Bonchev–Trinajstić information content (AvgIpc) is 3.41. The van der Waals surface area contributed by atoms with E-state index in [4.69, 9.17) is 0 Å². The maximum atomic E-state index is 12.2. The van der Waals surface area contributed by atoms with Gasteiger partial charge in [0.15, 0.2) is 0 Å². The van der Waals surface area contributed by atoms with E-state index in [2.05, 4.69) is 9.71 Å². The number of nitro benzene ring substituents is 1. The second-order valence-corrected chi connectivity index (χ2v) is 8.24. The summed E-state index contributed by atoms with van der Waals surface area (Å²) in [7, 11) is -3.42. The molecule has 132 valence electrons. The van der Waals surface area contributed by atoms with Gasteiger partial charge in [-0.3, -0.25) is 15.1 Å². The van der Waals surface area contributed by atoms with Crippen LogP contribution in [0.25, 0.3) is 0 Å². The van der Waals surface area contributed by atoms with Crippen molar-refractivity contribution in [1.29, 1.82) is 0 Å². The van der Waals surface area contributed by atoms with Gasteiger partial charge in [-0.1, -0.05) is 18.2 Å². The van der Waals surface area contributed by atoms with Crippen LogP contribution in [0.5, 0.6) is 0 Å². The molecule has 1 N–H and O–H groups in total. The molecular formula is C17H19N3O4S. The fourth-order valence-electron chi connectivity index (χ4n) is 2.71. The van der Waals surface area contributed by atoms with Gasteiger partial charge in [0.25, 0.3) is 5.69 Å². The molecule has 8 heteroatoms. The number of nitro groups is 1. The van der Waals surface area contributed by atoms with E-state index in [0.29, 0.717) is 13.0 Å². The summed E-state index contributed by atoms with van der Waals surface area (Å²) in [5, 5.41) is 10.6. The fourth-order valence-corrected chi connectivity index (χ4v) is 3.85. The van der Waals surface area contributed by atoms with Crippen molar-refractivity contribution in [2.45, 2.75) is 24.7 Å². The van der Waals surface area contributed by atoms with Gasteiger partial charge in [0.05, 0.1) is 10.7 Å². The van der Waals surface area contributed by atoms with Gasteiger partial charge in [-0.25, -0.2) is 13.1 Å². The van der Waals surface area contributed by atoms with Gasteiger partial charge >= 0.3 is 0 Å². The van der Waals surface area contributed by atoms with Crippen molar-refractivity contribution in [3.8, 4) is 0 Å². The number of hydrogen-bond donors (Lipinski definition) is 1. The summed E-state index contributed by atoms with van der Waals surface area (Å²) in [5.74, 6) is -0.0525. The molecular weight excluding hydrogens is 342 g/mol. The third-order valence-corrected chi connectivity index (χ3v) is 5.82. The first kappa shape index (κ1) is 17.5. The summed E-state index contributed by atoms with van der Waals surface area (Å²) in [5.41, 5.74) is 1.49. The highest BCUT2D eigenvalue weighted by Crippen LogP contribution is 2.46. The fraction of sp³-hybridized carbons (Fsp3) is 0.353. The van der Waals surface area contributed by atoms with E-state index in [1.807, 2.05) is 18.2 Å². The SMILES string of the molecule is O=[N+]([O-])c1ccc(CCS(=O)(=O)NCC2(c3ccccn3)CC2)cc1. The van der Waals surface area contributed by atoms with Gasteiger partial charge in [0, 0.05) is 36.0 Å². The number of sulfonamides is 1. The van der Waals surface area contributed by atoms with Crippen LogP contribution in [0.1, 0.15) is 24.1 Å². The molecule has 1 saturated carbocycles. The maximum Gasteiger partial charge on any atom is 0.269 e. The van der Waals surface area contributed by atoms with Crippen LogP contribution >= 0.6 is 0 Å². The molecule has 0 saturated heterocycles. The molecule has 0 atom stereocenters. The predicted octanol–water partition coefficient (Wildman–Crippen LogP) is 2.18. The average molecular weight is 361 g/mol. The number of benzene rings is 1. The normalized spacial score (nSPS) is 15.7. The van der Waals surface area contributed by atoms with Crippen molar-refractivity contribution < 1.29 is 13.3 Å². The Morgan fingerprint density at radius 1 is 1.16 bits per heavy atom. The highest BCUT2D eigenvalue weighted by atomic mass is 32.2. The Bertz CT molecular complexity index is 847. The van der Waals surface area contributed by atoms with Gasteiger partial charge in [-0.2, -0.15) is 0 Å². The smallest absolute Gasteiger partial charge is 0.261 e. The third-order valence-electron chi connectivity index (χ3n) is 4.50. The molecule has 0 spiro atoms. The lowest BCUT2D eigenvalue weighted by atomic mass is 10.0. The topological polar surface area (TPSA) is 102 Å². The number of rotatable bonds is 8. The second-order valence-electron chi connectivity index (χ2n) is 6.31. The zero-order valence-electron chi connectivity index (χ0n) is 13.6. The number of non-ortho nitro benzene ring substituents is 1.